The van der Waals surface area contributed by atoms with E-state index >= 15 is 0 Å². The van der Waals surface area contributed by atoms with Gasteiger partial charge in [-0.25, -0.2) is 4.79 Å². The molecule has 2 aliphatic rings. The van der Waals surface area contributed by atoms with Gasteiger partial charge in [0.25, 0.3) is 0 Å². The van der Waals surface area contributed by atoms with E-state index in [4.69, 9.17) is 20.0 Å². The number of rotatable bonds is 9. The minimum atomic E-state index is -0.872. The van der Waals surface area contributed by atoms with Gasteiger partial charge in [-0.1, -0.05) is 5.92 Å². The Morgan fingerprint density at radius 1 is 1.26 bits per heavy atom. The van der Waals surface area contributed by atoms with Gasteiger partial charge in [-0.2, -0.15) is 0 Å². The van der Waals surface area contributed by atoms with Gasteiger partial charge in [-0.05, 0) is 58.0 Å². The second-order valence-electron chi connectivity index (χ2n) is 8.94. The van der Waals surface area contributed by atoms with E-state index in [1.807, 2.05) is 0 Å². The third-order valence-electron chi connectivity index (χ3n) is 6.46. The summed E-state index contributed by atoms with van der Waals surface area (Å²) in [7, 11) is 0. The molecule has 0 spiro atoms. The SMILES string of the molecule is C#C[C@H](CC(=O)OCc1oc(=O)oc1C)NC(=O)[C@@H]1CCCN(C(=O)CCC2CCNCC2)C1. The van der Waals surface area contributed by atoms with Crippen LogP contribution >= 0.6 is 0 Å². The standard InChI is InChI=1S/C24H33N3O7/c1-3-19(13-22(29)32-15-20-16(2)33-24(31)34-20)26-23(30)18-5-4-12-27(14-18)21(28)7-6-17-8-10-25-11-9-17/h1,17-19,25H,4-15H2,2H3,(H,26,30)/t18-,19-/m1/s1. The van der Waals surface area contributed by atoms with Crippen LogP contribution in [0.1, 0.15) is 56.5 Å². The predicted molar refractivity (Wildman–Crippen MR) is 121 cm³/mol. The summed E-state index contributed by atoms with van der Waals surface area (Å²) in [6.45, 7) is 4.28. The maximum Gasteiger partial charge on any atom is 0.519 e. The number of carbonyl (C=O) groups is 3. The van der Waals surface area contributed by atoms with Crippen molar-refractivity contribution < 1.29 is 28.0 Å². The maximum absolute atomic E-state index is 12.8. The van der Waals surface area contributed by atoms with E-state index in [9.17, 15) is 19.2 Å². The third kappa shape index (κ3) is 7.48. The van der Waals surface area contributed by atoms with Crippen LogP contribution in [0.2, 0.25) is 0 Å². The van der Waals surface area contributed by atoms with Crippen molar-refractivity contribution in [3.63, 3.8) is 0 Å². The molecule has 0 aromatic carbocycles. The Kier molecular flexibility index (Phi) is 9.33. The lowest BCUT2D eigenvalue weighted by Gasteiger charge is -2.33. The zero-order chi connectivity index (χ0) is 24.5. The average molecular weight is 476 g/mol. The topological polar surface area (TPSA) is 131 Å². The van der Waals surface area contributed by atoms with Crippen molar-refractivity contribution >= 4 is 17.8 Å². The van der Waals surface area contributed by atoms with Gasteiger partial charge in [-0.15, -0.1) is 6.42 Å². The molecule has 2 N–H and O–H groups in total. The lowest BCUT2D eigenvalue weighted by Crippen LogP contribution is -2.47. The zero-order valence-corrected chi connectivity index (χ0v) is 19.6. The van der Waals surface area contributed by atoms with Crippen molar-refractivity contribution in [3.05, 3.63) is 22.1 Å². The fourth-order valence-electron chi connectivity index (χ4n) is 4.39. The van der Waals surface area contributed by atoms with Crippen LogP contribution in [0.5, 0.6) is 0 Å². The summed E-state index contributed by atoms with van der Waals surface area (Å²) in [5.41, 5.74) is 0. The first-order chi connectivity index (χ1) is 16.4. The Morgan fingerprint density at radius 3 is 2.71 bits per heavy atom. The number of terminal acetylenes is 1. The summed E-state index contributed by atoms with van der Waals surface area (Å²) in [5, 5.41) is 6.04. The summed E-state index contributed by atoms with van der Waals surface area (Å²) in [6.07, 6.45) is 10.3. The fraction of sp³-hybridized carbons (Fsp3) is 0.667. The lowest BCUT2D eigenvalue weighted by molar-refractivity contribution is -0.145. The molecule has 186 valence electrons. The molecule has 0 radical (unpaired) electrons. The highest BCUT2D eigenvalue weighted by atomic mass is 16.6. The van der Waals surface area contributed by atoms with Crippen LogP contribution in [-0.4, -0.2) is 54.9 Å². The molecular weight excluding hydrogens is 442 g/mol. The van der Waals surface area contributed by atoms with E-state index in [0.717, 1.165) is 38.8 Å². The molecule has 0 bridgehead atoms. The molecule has 3 heterocycles. The number of nitrogens with one attached hydrogen (secondary N) is 2. The van der Waals surface area contributed by atoms with Crippen LogP contribution in [0.4, 0.5) is 0 Å². The third-order valence-corrected chi connectivity index (χ3v) is 6.46. The number of likely N-dealkylation sites (tertiary alicyclic amines) is 1. The molecule has 10 nitrogen and oxygen atoms in total. The van der Waals surface area contributed by atoms with Crippen molar-refractivity contribution in [2.45, 2.75) is 64.5 Å². The van der Waals surface area contributed by atoms with Gasteiger partial charge < -0.3 is 29.1 Å². The van der Waals surface area contributed by atoms with Gasteiger partial charge in [0.15, 0.2) is 18.1 Å². The highest BCUT2D eigenvalue weighted by molar-refractivity contribution is 5.82. The zero-order valence-electron chi connectivity index (χ0n) is 19.6. The Hall–Kier alpha value is -3.06. The molecule has 1 aromatic heterocycles. The van der Waals surface area contributed by atoms with Gasteiger partial charge in [0.2, 0.25) is 11.8 Å². The molecule has 10 heteroatoms. The highest BCUT2D eigenvalue weighted by Gasteiger charge is 2.30. The van der Waals surface area contributed by atoms with Crippen LogP contribution in [0.25, 0.3) is 0 Å². The molecule has 2 aliphatic heterocycles. The Labute approximate surface area is 198 Å². The van der Waals surface area contributed by atoms with Crippen LogP contribution in [0, 0.1) is 31.1 Å². The number of carbonyl (C=O) groups excluding carboxylic acids is 3. The highest BCUT2D eigenvalue weighted by Crippen LogP contribution is 2.22. The molecule has 2 saturated heterocycles. The van der Waals surface area contributed by atoms with Crippen molar-refractivity contribution in [1.82, 2.24) is 15.5 Å². The first-order valence-corrected chi connectivity index (χ1v) is 11.9. The number of hydrogen-bond donors (Lipinski definition) is 2. The number of esters is 1. The van der Waals surface area contributed by atoms with Crippen molar-refractivity contribution in [2.24, 2.45) is 11.8 Å². The molecule has 2 atom stereocenters. The summed E-state index contributed by atoms with van der Waals surface area (Å²) in [5.74, 6) is 1.25. The van der Waals surface area contributed by atoms with Gasteiger partial charge in [0.05, 0.1) is 12.3 Å². The van der Waals surface area contributed by atoms with E-state index in [1.54, 1.807) is 4.90 Å². The number of amides is 2. The quantitative estimate of drug-likeness (QED) is 0.401. The number of nitrogens with zero attached hydrogens (tertiary/aromatic N) is 1. The summed E-state index contributed by atoms with van der Waals surface area (Å²) in [4.78, 5) is 50.4. The van der Waals surface area contributed by atoms with Gasteiger partial charge in [-0.3, -0.25) is 14.4 Å². The van der Waals surface area contributed by atoms with Crippen molar-refractivity contribution in [3.8, 4) is 12.3 Å². The summed E-state index contributed by atoms with van der Waals surface area (Å²) < 4.78 is 14.6. The largest absolute Gasteiger partial charge is 0.519 e. The van der Waals surface area contributed by atoms with Crippen molar-refractivity contribution in [2.75, 3.05) is 26.2 Å². The fourth-order valence-corrected chi connectivity index (χ4v) is 4.39. The number of piperidine rings is 2. The van der Waals surface area contributed by atoms with Crippen molar-refractivity contribution in [1.29, 1.82) is 0 Å². The number of ether oxygens (including phenoxy) is 1. The molecular formula is C24H33N3O7. The van der Waals surface area contributed by atoms with Gasteiger partial charge in [0.1, 0.15) is 6.04 Å². The molecule has 2 amide bonds. The molecule has 1 aromatic rings. The van der Waals surface area contributed by atoms with E-state index in [2.05, 4.69) is 16.6 Å². The second kappa shape index (κ2) is 12.4. The molecule has 3 rings (SSSR count). The van der Waals surface area contributed by atoms with Crippen LogP contribution < -0.4 is 16.5 Å². The van der Waals surface area contributed by atoms with Crippen LogP contribution in [-0.2, 0) is 25.7 Å². The van der Waals surface area contributed by atoms with E-state index in [1.165, 1.54) is 6.92 Å². The monoisotopic (exact) mass is 475 g/mol. The van der Waals surface area contributed by atoms with Crippen LogP contribution in [0.3, 0.4) is 0 Å². The predicted octanol–water partition coefficient (Wildman–Crippen LogP) is 1.11. The molecule has 2 fully saturated rings. The second-order valence-corrected chi connectivity index (χ2v) is 8.94. The van der Waals surface area contributed by atoms with Gasteiger partial charge in [0, 0.05) is 19.5 Å². The first-order valence-electron chi connectivity index (χ1n) is 11.9. The van der Waals surface area contributed by atoms with E-state index in [-0.39, 0.29) is 42.3 Å². The molecule has 0 aliphatic carbocycles. The minimum Gasteiger partial charge on any atom is -0.457 e. The lowest BCUT2D eigenvalue weighted by atomic mass is 9.92. The average Bonchev–Trinajstić information content (AvgIpc) is 3.18. The van der Waals surface area contributed by atoms with E-state index in [0.29, 0.717) is 31.8 Å². The molecule has 34 heavy (non-hydrogen) atoms. The molecule has 0 unspecified atom stereocenters. The van der Waals surface area contributed by atoms with Gasteiger partial charge >= 0.3 is 11.8 Å². The normalized spacial score (nSPS) is 19.8. The first kappa shape index (κ1) is 25.6. The Balaban J connectivity index is 1.42. The minimum absolute atomic E-state index is 0.0919. The Morgan fingerprint density at radius 2 is 2.03 bits per heavy atom. The number of aryl methyl sites for hydroxylation is 1. The smallest absolute Gasteiger partial charge is 0.457 e. The number of hydrogen-bond acceptors (Lipinski definition) is 8. The van der Waals surface area contributed by atoms with E-state index < -0.39 is 17.8 Å². The Bertz CT molecular complexity index is 955. The van der Waals surface area contributed by atoms with Crippen LogP contribution in [0.15, 0.2) is 13.6 Å². The summed E-state index contributed by atoms with van der Waals surface area (Å²) in [6, 6.07) is -0.844. The summed E-state index contributed by atoms with van der Waals surface area (Å²) >= 11 is 0. The molecule has 0 saturated carbocycles. The maximum atomic E-state index is 12.8.